The van der Waals surface area contributed by atoms with Crippen LogP contribution in [0.2, 0.25) is 0 Å². The number of pyridine rings is 1. The summed E-state index contributed by atoms with van der Waals surface area (Å²) in [5, 5.41) is 3.17. The number of likely N-dealkylation sites (tertiary alicyclic amines) is 1. The van der Waals surface area contributed by atoms with Crippen molar-refractivity contribution >= 4 is 23.3 Å². The molecular formula is C20H23N3O3. The van der Waals surface area contributed by atoms with Crippen molar-refractivity contribution in [2.24, 2.45) is 0 Å². The zero-order valence-corrected chi connectivity index (χ0v) is 14.9. The van der Waals surface area contributed by atoms with Crippen LogP contribution in [0, 0.1) is 0 Å². The van der Waals surface area contributed by atoms with Gasteiger partial charge in [0, 0.05) is 13.1 Å². The molecule has 1 aliphatic rings. The van der Waals surface area contributed by atoms with Crippen molar-refractivity contribution in [2.45, 2.75) is 26.2 Å². The molecule has 1 aromatic carbocycles. The molecule has 3 rings (SSSR count). The number of anilines is 2. The van der Waals surface area contributed by atoms with Crippen LogP contribution in [0.15, 0.2) is 42.6 Å². The van der Waals surface area contributed by atoms with E-state index in [1.807, 2.05) is 11.0 Å². The summed E-state index contributed by atoms with van der Waals surface area (Å²) in [4.78, 5) is 30.7. The second kappa shape index (κ2) is 8.47. The normalized spacial score (nSPS) is 14.0. The van der Waals surface area contributed by atoms with Crippen LogP contribution in [0.25, 0.3) is 0 Å². The van der Waals surface area contributed by atoms with Crippen molar-refractivity contribution in [3.63, 3.8) is 0 Å². The van der Waals surface area contributed by atoms with Crippen molar-refractivity contribution < 1.29 is 14.3 Å². The number of piperidine rings is 1. The molecule has 0 saturated carbocycles. The van der Waals surface area contributed by atoms with Gasteiger partial charge in [0.2, 0.25) is 0 Å². The summed E-state index contributed by atoms with van der Waals surface area (Å²) in [7, 11) is 0. The molecule has 2 aromatic rings. The maximum atomic E-state index is 12.5. The first-order chi connectivity index (χ1) is 12.7. The lowest BCUT2D eigenvalue weighted by atomic mass is 10.1. The van der Waals surface area contributed by atoms with Gasteiger partial charge in [0.25, 0.3) is 5.91 Å². The number of amides is 1. The largest absolute Gasteiger partial charge is 0.462 e. The average molecular weight is 353 g/mol. The highest BCUT2D eigenvalue weighted by atomic mass is 16.5. The first kappa shape index (κ1) is 17.9. The van der Waals surface area contributed by atoms with Crippen molar-refractivity contribution in [3.05, 3.63) is 53.9 Å². The predicted octanol–water partition coefficient (Wildman–Crippen LogP) is 3.63. The van der Waals surface area contributed by atoms with E-state index in [9.17, 15) is 9.59 Å². The maximum absolute atomic E-state index is 12.5. The van der Waals surface area contributed by atoms with Gasteiger partial charge < -0.3 is 15.0 Å². The molecule has 0 atom stereocenters. The van der Waals surface area contributed by atoms with Crippen LogP contribution < -0.4 is 5.32 Å². The van der Waals surface area contributed by atoms with E-state index in [0.29, 0.717) is 29.2 Å². The van der Waals surface area contributed by atoms with Crippen molar-refractivity contribution in [3.8, 4) is 0 Å². The van der Waals surface area contributed by atoms with Gasteiger partial charge in [-0.05, 0) is 50.5 Å². The molecule has 0 unspecified atom stereocenters. The second-order valence-electron chi connectivity index (χ2n) is 6.18. The SMILES string of the molecule is CCOC(=O)c1ccccc1Nc1ccc(C(=O)N2CCCCC2)nc1. The molecule has 6 heteroatoms. The number of carbonyl (C=O) groups is 2. The second-order valence-corrected chi connectivity index (χ2v) is 6.18. The molecule has 0 bridgehead atoms. The molecule has 1 amide bonds. The fourth-order valence-electron chi connectivity index (χ4n) is 2.99. The minimum atomic E-state index is -0.375. The van der Waals surface area contributed by atoms with Gasteiger partial charge in [0.1, 0.15) is 5.69 Å². The number of hydrogen-bond donors (Lipinski definition) is 1. The van der Waals surface area contributed by atoms with E-state index in [0.717, 1.165) is 25.9 Å². The minimum Gasteiger partial charge on any atom is -0.462 e. The summed E-state index contributed by atoms with van der Waals surface area (Å²) < 4.78 is 5.08. The third-order valence-corrected chi connectivity index (χ3v) is 4.33. The van der Waals surface area contributed by atoms with Crippen molar-refractivity contribution in [2.75, 3.05) is 25.0 Å². The Kier molecular flexibility index (Phi) is 5.84. The van der Waals surface area contributed by atoms with Gasteiger partial charge in [0.05, 0.1) is 29.7 Å². The van der Waals surface area contributed by atoms with E-state index in [1.165, 1.54) is 6.42 Å². The van der Waals surface area contributed by atoms with Gasteiger partial charge in [-0.2, -0.15) is 0 Å². The lowest BCUT2D eigenvalue weighted by Gasteiger charge is -2.26. The predicted molar refractivity (Wildman–Crippen MR) is 99.7 cm³/mol. The van der Waals surface area contributed by atoms with E-state index < -0.39 is 0 Å². The Balaban J connectivity index is 1.72. The van der Waals surface area contributed by atoms with Gasteiger partial charge in [-0.25, -0.2) is 9.78 Å². The monoisotopic (exact) mass is 353 g/mol. The molecule has 1 aliphatic heterocycles. The summed E-state index contributed by atoms with van der Waals surface area (Å²) in [5.74, 6) is -0.399. The molecule has 6 nitrogen and oxygen atoms in total. The van der Waals surface area contributed by atoms with Crippen LogP contribution in [0.4, 0.5) is 11.4 Å². The number of hydrogen-bond acceptors (Lipinski definition) is 5. The smallest absolute Gasteiger partial charge is 0.340 e. The van der Waals surface area contributed by atoms with E-state index in [4.69, 9.17) is 4.74 Å². The minimum absolute atomic E-state index is 0.0248. The molecule has 1 aromatic heterocycles. The van der Waals surface area contributed by atoms with Crippen LogP contribution in [-0.4, -0.2) is 41.5 Å². The summed E-state index contributed by atoms with van der Waals surface area (Å²) in [6.07, 6.45) is 4.89. The zero-order valence-electron chi connectivity index (χ0n) is 14.9. The lowest BCUT2D eigenvalue weighted by Crippen LogP contribution is -2.36. The maximum Gasteiger partial charge on any atom is 0.340 e. The highest BCUT2D eigenvalue weighted by Gasteiger charge is 2.19. The molecule has 0 radical (unpaired) electrons. The molecule has 2 heterocycles. The summed E-state index contributed by atoms with van der Waals surface area (Å²) in [6, 6.07) is 10.7. The Bertz CT molecular complexity index is 768. The fraction of sp³-hybridized carbons (Fsp3) is 0.350. The number of ether oxygens (including phenoxy) is 1. The number of carbonyl (C=O) groups excluding carboxylic acids is 2. The number of benzene rings is 1. The average Bonchev–Trinajstić information content (AvgIpc) is 2.69. The summed E-state index contributed by atoms with van der Waals surface area (Å²) in [6.45, 7) is 3.69. The number of esters is 1. The van der Waals surface area contributed by atoms with E-state index in [1.54, 1.807) is 43.5 Å². The number of nitrogens with one attached hydrogen (secondary N) is 1. The van der Waals surface area contributed by atoms with E-state index in [-0.39, 0.29) is 11.9 Å². The first-order valence-corrected chi connectivity index (χ1v) is 8.97. The Hall–Kier alpha value is -2.89. The highest BCUT2D eigenvalue weighted by molar-refractivity contribution is 5.96. The zero-order chi connectivity index (χ0) is 18.4. The van der Waals surface area contributed by atoms with Crippen molar-refractivity contribution in [1.29, 1.82) is 0 Å². The van der Waals surface area contributed by atoms with E-state index >= 15 is 0 Å². The van der Waals surface area contributed by atoms with Crippen LogP contribution in [0.1, 0.15) is 47.0 Å². The molecule has 1 saturated heterocycles. The third kappa shape index (κ3) is 4.20. The van der Waals surface area contributed by atoms with Crippen LogP contribution in [-0.2, 0) is 4.74 Å². The fourth-order valence-corrected chi connectivity index (χ4v) is 2.99. The molecule has 0 spiro atoms. The number of aromatic nitrogens is 1. The van der Waals surface area contributed by atoms with Crippen LogP contribution in [0.3, 0.4) is 0 Å². The highest BCUT2D eigenvalue weighted by Crippen LogP contribution is 2.22. The van der Waals surface area contributed by atoms with Gasteiger partial charge in [-0.1, -0.05) is 12.1 Å². The molecule has 1 fully saturated rings. The molecule has 1 N–H and O–H groups in total. The Labute approximate surface area is 153 Å². The number of rotatable bonds is 5. The molecule has 0 aliphatic carbocycles. The van der Waals surface area contributed by atoms with Gasteiger partial charge in [0.15, 0.2) is 0 Å². The Morgan fingerprint density at radius 3 is 2.58 bits per heavy atom. The summed E-state index contributed by atoms with van der Waals surface area (Å²) >= 11 is 0. The van der Waals surface area contributed by atoms with Gasteiger partial charge in [-0.3, -0.25) is 4.79 Å². The Morgan fingerprint density at radius 1 is 1.12 bits per heavy atom. The molecule has 136 valence electrons. The Morgan fingerprint density at radius 2 is 1.88 bits per heavy atom. The topological polar surface area (TPSA) is 71.5 Å². The van der Waals surface area contributed by atoms with Gasteiger partial charge in [-0.15, -0.1) is 0 Å². The summed E-state index contributed by atoms with van der Waals surface area (Å²) in [5.41, 5.74) is 2.25. The van der Waals surface area contributed by atoms with Crippen LogP contribution >= 0.6 is 0 Å². The standard InChI is InChI=1S/C20H23N3O3/c1-2-26-20(25)16-8-4-5-9-17(16)22-15-10-11-18(21-14-15)19(24)23-12-6-3-7-13-23/h4-5,8-11,14,22H,2-3,6-7,12-13H2,1H3. The first-order valence-electron chi connectivity index (χ1n) is 8.97. The quantitative estimate of drug-likeness (QED) is 0.831. The van der Waals surface area contributed by atoms with Crippen molar-refractivity contribution in [1.82, 2.24) is 9.88 Å². The number of para-hydroxylation sites is 1. The molecular weight excluding hydrogens is 330 g/mol. The molecule has 26 heavy (non-hydrogen) atoms. The van der Waals surface area contributed by atoms with Crippen LogP contribution in [0.5, 0.6) is 0 Å². The van der Waals surface area contributed by atoms with E-state index in [2.05, 4.69) is 10.3 Å². The number of nitrogens with zero attached hydrogens (tertiary/aromatic N) is 2. The van der Waals surface area contributed by atoms with Gasteiger partial charge >= 0.3 is 5.97 Å². The third-order valence-electron chi connectivity index (χ3n) is 4.33. The lowest BCUT2D eigenvalue weighted by molar-refractivity contribution is 0.0527.